The molecule has 6 heteroatoms. The molecule has 0 aromatic heterocycles. The van der Waals surface area contributed by atoms with Crippen molar-refractivity contribution in [3.05, 3.63) is 22.7 Å². The minimum Gasteiger partial charge on any atom is -0.399 e. The molecule has 110 valence electrons. The standard InChI is InChI=1S/C14H20ClN3OS/c1-2-20-10-4-3-9(7-10)18-13-11(14(17)19)5-8(16)6-12(13)15/h5-6,9-10,18H,2-4,7,16H2,1H3,(H2,17,19). The quantitative estimate of drug-likeness (QED) is 0.730. The fraction of sp³-hybridized carbons (Fsp3) is 0.500. The van der Waals surface area contributed by atoms with Gasteiger partial charge in [0, 0.05) is 17.0 Å². The fourth-order valence-electron chi connectivity index (χ4n) is 2.63. The number of benzene rings is 1. The molecule has 1 aliphatic carbocycles. The average Bonchev–Trinajstić information content (AvgIpc) is 2.80. The third-order valence-corrected chi connectivity index (χ3v) is 5.04. The van der Waals surface area contributed by atoms with Crippen molar-refractivity contribution in [3.63, 3.8) is 0 Å². The lowest BCUT2D eigenvalue weighted by molar-refractivity contribution is 0.100. The van der Waals surface area contributed by atoms with Gasteiger partial charge in [0.1, 0.15) is 0 Å². The molecule has 20 heavy (non-hydrogen) atoms. The monoisotopic (exact) mass is 313 g/mol. The number of halogens is 1. The average molecular weight is 314 g/mol. The molecular weight excluding hydrogens is 294 g/mol. The van der Waals surface area contributed by atoms with Crippen LogP contribution in [0.1, 0.15) is 36.5 Å². The highest BCUT2D eigenvalue weighted by molar-refractivity contribution is 7.99. The van der Waals surface area contributed by atoms with Gasteiger partial charge in [-0.2, -0.15) is 11.8 Å². The molecular formula is C14H20ClN3OS. The molecule has 1 fully saturated rings. The van der Waals surface area contributed by atoms with Crippen molar-refractivity contribution >= 4 is 40.6 Å². The van der Waals surface area contributed by atoms with Gasteiger partial charge in [0.2, 0.25) is 0 Å². The summed E-state index contributed by atoms with van der Waals surface area (Å²) in [5.41, 5.74) is 12.5. The van der Waals surface area contributed by atoms with Crippen LogP contribution < -0.4 is 16.8 Å². The van der Waals surface area contributed by atoms with Crippen LogP contribution in [-0.2, 0) is 0 Å². The predicted molar refractivity (Wildman–Crippen MR) is 87.6 cm³/mol. The first kappa shape index (κ1) is 15.3. The van der Waals surface area contributed by atoms with Gasteiger partial charge in [-0.3, -0.25) is 4.79 Å². The highest BCUT2D eigenvalue weighted by atomic mass is 35.5. The van der Waals surface area contributed by atoms with Crippen LogP contribution in [0.15, 0.2) is 12.1 Å². The zero-order valence-electron chi connectivity index (χ0n) is 11.5. The maximum absolute atomic E-state index is 11.5. The summed E-state index contributed by atoms with van der Waals surface area (Å²) < 4.78 is 0. The van der Waals surface area contributed by atoms with Crippen molar-refractivity contribution in [2.75, 3.05) is 16.8 Å². The Balaban J connectivity index is 2.15. The number of hydrogen-bond donors (Lipinski definition) is 3. The van der Waals surface area contributed by atoms with E-state index < -0.39 is 5.91 Å². The molecule has 0 saturated heterocycles. The van der Waals surface area contributed by atoms with Gasteiger partial charge in [-0.15, -0.1) is 0 Å². The molecule has 0 spiro atoms. The minimum atomic E-state index is -0.515. The van der Waals surface area contributed by atoms with E-state index in [1.165, 1.54) is 6.42 Å². The molecule has 4 nitrogen and oxygen atoms in total. The van der Waals surface area contributed by atoms with Crippen LogP contribution in [0.2, 0.25) is 5.02 Å². The molecule has 2 atom stereocenters. The second-order valence-corrected chi connectivity index (χ2v) is 7.01. The number of carbonyl (C=O) groups excluding carboxylic acids is 1. The van der Waals surface area contributed by atoms with Crippen LogP contribution >= 0.6 is 23.4 Å². The van der Waals surface area contributed by atoms with Gasteiger partial charge in [0.25, 0.3) is 5.91 Å². The maximum atomic E-state index is 11.5. The number of anilines is 2. The summed E-state index contributed by atoms with van der Waals surface area (Å²) in [7, 11) is 0. The second kappa shape index (κ2) is 6.59. The Morgan fingerprint density at radius 2 is 2.25 bits per heavy atom. The van der Waals surface area contributed by atoms with E-state index >= 15 is 0 Å². The zero-order chi connectivity index (χ0) is 14.7. The number of carbonyl (C=O) groups is 1. The number of hydrogen-bond acceptors (Lipinski definition) is 4. The molecule has 0 radical (unpaired) electrons. The Hall–Kier alpha value is -1.07. The van der Waals surface area contributed by atoms with Gasteiger partial charge >= 0.3 is 0 Å². The predicted octanol–water partition coefficient (Wildman–Crippen LogP) is 3.11. The van der Waals surface area contributed by atoms with E-state index in [9.17, 15) is 4.79 Å². The molecule has 2 unspecified atom stereocenters. The lowest BCUT2D eigenvalue weighted by Gasteiger charge is -2.18. The summed E-state index contributed by atoms with van der Waals surface area (Å²) >= 11 is 8.18. The first-order valence-electron chi connectivity index (χ1n) is 6.78. The van der Waals surface area contributed by atoms with Crippen molar-refractivity contribution in [1.82, 2.24) is 0 Å². The maximum Gasteiger partial charge on any atom is 0.250 e. The van der Waals surface area contributed by atoms with Crippen molar-refractivity contribution < 1.29 is 4.79 Å². The van der Waals surface area contributed by atoms with Crippen LogP contribution in [0, 0.1) is 0 Å². The molecule has 0 aliphatic heterocycles. The van der Waals surface area contributed by atoms with Gasteiger partial charge in [-0.1, -0.05) is 18.5 Å². The Labute approximate surface area is 128 Å². The molecule has 5 N–H and O–H groups in total. The van der Waals surface area contributed by atoms with Gasteiger partial charge in [0.05, 0.1) is 16.3 Å². The van der Waals surface area contributed by atoms with E-state index in [-0.39, 0.29) is 0 Å². The summed E-state index contributed by atoms with van der Waals surface area (Å²) in [4.78, 5) is 11.5. The first-order chi connectivity index (χ1) is 9.51. The fourth-order valence-corrected chi connectivity index (χ4v) is 4.06. The number of amides is 1. The highest BCUT2D eigenvalue weighted by Gasteiger charge is 2.26. The molecule has 1 aromatic rings. The van der Waals surface area contributed by atoms with Gasteiger partial charge in [-0.05, 0) is 37.1 Å². The summed E-state index contributed by atoms with van der Waals surface area (Å²) in [6.45, 7) is 2.17. The smallest absolute Gasteiger partial charge is 0.250 e. The Bertz CT molecular complexity index is 509. The van der Waals surface area contributed by atoms with Crippen LogP contribution in [0.3, 0.4) is 0 Å². The molecule has 1 aromatic carbocycles. The van der Waals surface area contributed by atoms with Crippen molar-refractivity contribution in [3.8, 4) is 0 Å². The topological polar surface area (TPSA) is 81.1 Å². The largest absolute Gasteiger partial charge is 0.399 e. The molecule has 2 rings (SSSR count). The molecule has 1 amide bonds. The van der Waals surface area contributed by atoms with E-state index in [4.69, 9.17) is 23.1 Å². The number of nitrogens with one attached hydrogen (secondary N) is 1. The van der Waals surface area contributed by atoms with Gasteiger partial charge in [0.15, 0.2) is 0 Å². The zero-order valence-corrected chi connectivity index (χ0v) is 13.1. The van der Waals surface area contributed by atoms with E-state index in [1.54, 1.807) is 12.1 Å². The summed E-state index contributed by atoms with van der Waals surface area (Å²) in [6, 6.07) is 3.55. The lowest BCUT2D eigenvalue weighted by Crippen LogP contribution is -2.21. The molecule has 1 aliphatic rings. The third-order valence-electron chi connectivity index (χ3n) is 3.51. The van der Waals surface area contributed by atoms with Gasteiger partial charge in [-0.25, -0.2) is 0 Å². The summed E-state index contributed by atoms with van der Waals surface area (Å²) in [5.74, 6) is 0.617. The number of thioether (sulfide) groups is 1. The number of rotatable bonds is 5. The number of primary amides is 1. The van der Waals surface area contributed by atoms with E-state index in [1.807, 2.05) is 11.8 Å². The normalized spacial score (nSPS) is 21.9. The number of nitrogens with two attached hydrogens (primary N) is 2. The van der Waals surface area contributed by atoms with Crippen LogP contribution in [0.5, 0.6) is 0 Å². The SMILES string of the molecule is CCSC1CCC(Nc2c(Cl)cc(N)cc2C(N)=O)C1. The van der Waals surface area contributed by atoms with Crippen molar-refractivity contribution in [2.45, 2.75) is 37.5 Å². The Morgan fingerprint density at radius 3 is 2.90 bits per heavy atom. The molecule has 1 saturated carbocycles. The number of nitrogen functional groups attached to an aromatic ring is 1. The lowest BCUT2D eigenvalue weighted by atomic mass is 10.1. The minimum absolute atomic E-state index is 0.332. The molecule has 0 heterocycles. The Kier molecular flexibility index (Phi) is 5.05. The summed E-state index contributed by atoms with van der Waals surface area (Å²) in [6.07, 6.45) is 3.35. The first-order valence-corrected chi connectivity index (χ1v) is 8.21. The van der Waals surface area contributed by atoms with Crippen LogP contribution in [0.4, 0.5) is 11.4 Å². The highest BCUT2D eigenvalue weighted by Crippen LogP contribution is 2.35. The van der Waals surface area contributed by atoms with Crippen molar-refractivity contribution in [2.24, 2.45) is 5.73 Å². The summed E-state index contributed by atoms with van der Waals surface area (Å²) in [5, 5.41) is 4.50. The van der Waals surface area contributed by atoms with E-state index in [0.717, 1.165) is 18.6 Å². The van der Waals surface area contributed by atoms with E-state index in [0.29, 0.717) is 33.3 Å². The third kappa shape index (κ3) is 3.52. The van der Waals surface area contributed by atoms with Crippen LogP contribution in [-0.4, -0.2) is 23.0 Å². The van der Waals surface area contributed by atoms with Gasteiger partial charge < -0.3 is 16.8 Å². The Morgan fingerprint density at radius 1 is 1.50 bits per heavy atom. The molecule has 0 bridgehead atoms. The van der Waals surface area contributed by atoms with Crippen LogP contribution in [0.25, 0.3) is 0 Å². The van der Waals surface area contributed by atoms with E-state index in [2.05, 4.69) is 12.2 Å². The van der Waals surface area contributed by atoms with Crippen molar-refractivity contribution in [1.29, 1.82) is 0 Å². The second-order valence-electron chi connectivity index (χ2n) is 5.02.